The number of nitrogens with zero attached hydrogens (tertiary/aromatic N) is 1. The van der Waals surface area contributed by atoms with Crippen molar-refractivity contribution in [2.75, 3.05) is 12.0 Å². The minimum atomic E-state index is 0.374. The summed E-state index contributed by atoms with van der Waals surface area (Å²) in [6.07, 6.45) is 2.08. The Labute approximate surface area is 88.5 Å². The number of thioether (sulfide) groups is 1. The van der Waals surface area contributed by atoms with Crippen LogP contribution in [0.4, 0.5) is 0 Å². The van der Waals surface area contributed by atoms with Crippen molar-refractivity contribution in [3.05, 3.63) is 23.7 Å². The summed E-state index contributed by atoms with van der Waals surface area (Å²) in [5, 5.41) is 11.9. The van der Waals surface area contributed by atoms with Crippen LogP contribution in [-0.4, -0.2) is 18.1 Å². The molecule has 1 aromatic heterocycles. The second kappa shape index (κ2) is 5.74. The molecule has 0 aliphatic heterocycles. The van der Waals surface area contributed by atoms with Crippen molar-refractivity contribution in [2.45, 2.75) is 19.5 Å². The van der Waals surface area contributed by atoms with Crippen LogP contribution in [0, 0.1) is 11.3 Å². The highest BCUT2D eigenvalue weighted by Crippen LogP contribution is 2.06. The van der Waals surface area contributed by atoms with Gasteiger partial charge in [-0.3, -0.25) is 0 Å². The first kappa shape index (κ1) is 11.2. The molecular formula is C10H14N2OS. The van der Waals surface area contributed by atoms with E-state index < -0.39 is 0 Å². The number of hydrogen-bond donors (Lipinski definition) is 1. The maximum absolute atomic E-state index is 8.55. The summed E-state index contributed by atoms with van der Waals surface area (Å²) in [7, 11) is 0. The number of hydrogen-bond acceptors (Lipinski definition) is 4. The normalized spacial score (nSPS) is 12.4. The highest BCUT2D eigenvalue weighted by molar-refractivity contribution is 7.98. The highest BCUT2D eigenvalue weighted by Gasteiger charge is 2.03. The van der Waals surface area contributed by atoms with Gasteiger partial charge in [-0.25, -0.2) is 0 Å². The molecule has 76 valence electrons. The lowest BCUT2D eigenvalue weighted by atomic mass is 10.3. The molecule has 0 radical (unpaired) electrons. The lowest BCUT2D eigenvalue weighted by Gasteiger charge is -2.10. The van der Waals surface area contributed by atoms with Crippen molar-refractivity contribution >= 4 is 11.8 Å². The van der Waals surface area contributed by atoms with E-state index in [0.717, 1.165) is 11.5 Å². The quantitative estimate of drug-likeness (QED) is 0.807. The molecule has 1 unspecified atom stereocenters. The van der Waals surface area contributed by atoms with Crippen LogP contribution in [0.1, 0.15) is 18.4 Å². The van der Waals surface area contributed by atoms with E-state index in [2.05, 4.69) is 18.5 Å². The third-order valence-electron chi connectivity index (χ3n) is 1.81. The molecule has 1 aromatic rings. The Kier molecular flexibility index (Phi) is 4.57. The Bertz CT molecular complexity index is 316. The van der Waals surface area contributed by atoms with Gasteiger partial charge in [0.15, 0.2) is 0 Å². The van der Waals surface area contributed by atoms with Crippen molar-refractivity contribution in [3.8, 4) is 6.07 Å². The van der Waals surface area contributed by atoms with Crippen LogP contribution in [0.25, 0.3) is 0 Å². The van der Waals surface area contributed by atoms with Crippen LogP contribution in [-0.2, 0) is 6.54 Å². The van der Waals surface area contributed by atoms with Crippen LogP contribution in [0.2, 0.25) is 0 Å². The van der Waals surface area contributed by atoms with E-state index in [1.54, 1.807) is 6.07 Å². The summed E-state index contributed by atoms with van der Waals surface area (Å²) in [4.78, 5) is 0. The van der Waals surface area contributed by atoms with E-state index in [1.807, 2.05) is 23.9 Å². The molecule has 4 heteroatoms. The average Bonchev–Trinajstić information content (AvgIpc) is 2.63. The lowest BCUT2D eigenvalue weighted by molar-refractivity contribution is 0.459. The largest absolute Gasteiger partial charge is 0.449 e. The zero-order valence-electron chi connectivity index (χ0n) is 8.41. The SMILES string of the molecule is CSCC(C)NCc1ccc(C#N)o1. The van der Waals surface area contributed by atoms with Gasteiger partial charge in [-0.15, -0.1) is 0 Å². The van der Waals surface area contributed by atoms with Crippen LogP contribution in [0.15, 0.2) is 16.5 Å². The fraction of sp³-hybridized carbons (Fsp3) is 0.500. The maximum Gasteiger partial charge on any atom is 0.203 e. The number of rotatable bonds is 5. The Hall–Kier alpha value is -0.920. The first-order valence-electron chi connectivity index (χ1n) is 4.47. The molecule has 0 amide bonds. The van der Waals surface area contributed by atoms with Gasteiger partial charge in [-0.05, 0) is 25.3 Å². The summed E-state index contributed by atoms with van der Waals surface area (Å²) < 4.78 is 5.23. The Morgan fingerprint density at radius 3 is 3.00 bits per heavy atom. The molecule has 0 aliphatic rings. The second-order valence-corrected chi connectivity index (χ2v) is 4.03. The zero-order valence-corrected chi connectivity index (χ0v) is 9.23. The molecule has 0 saturated carbocycles. The predicted octanol–water partition coefficient (Wildman–Crippen LogP) is 1.99. The molecular weight excluding hydrogens is 196 g/mol. The molecule has 1 atom stereocenters. The van der Waals surface area contributed by atoms with Crippen LogP contribution >= 0.6 is 11.8 Å². The molecule has 0 aliphatic carbocycles. The molecule has 0 aromatic carbocycles. The summed E-state index contributed by atoms with van der Waals surface area (Å²) in [6.45, 7) is 2.81. The minimum absolute atomic E-state index is 0.374. The summed E-state index contributed by atoms with van der Waals surface area (Å²) >= 11 is 1.81. The number of nitriles is 1. The van der Waals surface area contributed by atoms with E-state index in [4.69, 9.17) is 9.68 Å². The lowest BCUT2D eigenvalue weighted by Crippen LogP contribution is -2.27. The van der Waals surface area contributed by atoms with Gasteiger partial charge in [-0.1, -0.05) is 0 Å². The van der Waals surface area contributed by atoms with E-state index in [-0.39, 0.29) is 0 Å². The van der Waals surface area contributed by atoms with E-state index >= 15 is 0 Å². The predicted molar refractivity (Wildman–Crippen MR) is 58.1 cm³/mol. The third-order valence-corrected chi connectivity index (χ3v) is 2.65. The van der Waals surface area contributed by atoms with Crippen molar-refractivity contribution < 1.29 is 4.42 Å². The summed E-state index contributed by atoms with van der Waals surface area (Å²) in [5.41, 5.74) is 0. The van der Waals surface area contributed by atoms with Crippen LogP contribution in [0.3, 0.4) is 0 Å². The van der Waals surface area contributed by atoms with Crippen LogP contribution < -0.4 is 5.32 Å². The molecule has 1 heterocycles. The van der Waals surface area contributed by atoms with Gasteiger partial charge in [0.1, 0.15) is 11.8 Å². The summed E-state index contributed by atoms with van der Waals surface area (Å²) in [5.74, 6) is 2.26. The van der Waals surface area contributed by atoms with Gasteiger partial charge in [0.25, 0.3) is 0 Å². The molecule has 1 N–H and O–H groups in total. The minimum Gasteiger partial charge on any atom is -0.449 e. The fourth-order valence-electron chi connectivity index (χ4n) is 1.12. The monoisotopic (exact) mass is 210 g/mol. The zero-order chi connectivity index (χ0) is 10.4. The average molecular weight is 210 g/mol. The van der Waals surface area contributed by atoms with Gasteiger partial charge in [0, 0.05) is 11.8 Å². The number of nitrogens with one attached hydrogen (secondary N) is 1. The van der Waals surface area contributed by atoms with E-state index in [0.29, 0.717) is 18.3 Å². The van der Waals surface area contributed by atoms with E-state index in [9.17, 15) is 0 Å². The third kappa shape index (κ3) is 3.44. The Balaban J connectivity index is 2.35. The van der Waals surface area contributed by atoms with Gasteiger partial charge in [0.2, 0.25) is 5.76 Å². The molecule has 3 nitrogen and oxygen atoms in total. The second-order valence-electron chi connectivity index (χ2n) is 3.12. The van der Waals surface area contributed by atoms with Gasteiger partial charge in [-0.2, -0.15) is 17.0 Å². The molecule has 0 fully saturated rings. The first-order valence-corrected chi connectivity index (χ1v) is 5.86. The fourth-order valence-corrected chi connectivity index (χ4v) is 1.73. The van der Waals surface area contributed by atoms with Gasteiger partial charge in [0.05, 0.1) is 6.54 Å². The molecule has 0 saturated heterocycles. The Morgan fingerprint density at radius 2 is 2.43 bits per heavy atom. The molecule has 14 heavy (non-hydrogen) atoms. The standard InChI is InChI=1S/C10H14N2OS/c1-8(7-14-2)12-6-10-4-3-9(5-11)13-10/h3-4,8,12H,6-7H2,1-2H3. The van der Waals surface area contributed by atoms with E-state index in [1.165, 1.54) is 0 Å². The highest BCUT2D eigenvalue weighted by atomic mass is 32.2. The van der Waals surface area contributed by atoms with Crippen LogP contribution in [0.5, 0.6) is 0 Å². The first-order chi connectivity index (χ1) is 6.76. The maximum atomic E-state index is 8.55. The van der Waals surface area contributed by atoms with Crippen molar-refractivity contribution in [2.24, 2.45) is 0 Å². The van der Waals surface area contributed by atoms with Crippen molar-refractivity contribution in [1.29, 1.82) is 5.26 Å². The molecule has 1 rings (SSSR count). The number of furan rings is 1. The summed E-state index contributed by atoms with van der Waals surface area (Å²) in [6, 6.07) is 5.94. The Morgan fingerprint density at radius 1 is 1.64 bits per heavy atom. The van der Waals surface area contributed by atoms with Crippen molar-refractivity contribution in [3.63, 3.8) is 0 Å². The van der Waals surface area contributed by atoms with Gasteiger partial charge < -0.3 is 9.73 Å². The molecule has 0 bridgehead atoms. The topological polar surface area (TPSA) is 49.0 Å². The van der Waals surface area contributed by atoms with Gasteiger partial charge >= 0.3 is 0 Å². The molecule has 0 spiro atoms. The smallest absolute Gasteiger partial charge is 0.203 e. The van der Waals surface area contributed by atoms with Crippen molar-refractivity contribution in [1.82, 2.24) is 5.32 Å².